The maximum absolute atomic E-state index is 12.0. The van der Waals surface area contributed by atoms with Crippen molar-refractivity contribution in [3.05, 3.63) is 29.8 Å². The number of rotatable bonds is 8. The Morgan fingerprint density at radius 3 is 2.32 bits per heavy atom. The van der Waals surface area contributed by atoms with E-state index in [0.717, 1.165) is 56.9 Å². The molecule has 0 aliphatic carbocycles. The standard InChI is InChI=1S/C20H33N3O2/c1-5-12-22-13-14-23(15-16(22)4)19(20(24)25)17-8-10-18(11-9-17)21(6-2)7-3/h8-11,16,19H,5-7,12-15H2,1-4H3,(H,24,25). The van der Waals surface area contributed by atoms with Crippen LogP contribution in [0.25, 0.3) is 0 Å². The molecular formula is C20H33N3O2. The molecule has 2 unspecified atom stereocenters. The zero-order valence-corrected chi connectivity index (χ0v) is 16.1. The molecule has 1 aromatic carbocycles. The molecule has 1 fully saturated rings. The van der Waals surface area contributed by atoms with Gasteiger partial charge in [0.2, 0.25) is 0 Å². The molecule has 25 heavy (non-hydrogen) atoms. The summed E-state index contributed by atoms with van der Waals surface area (Å²) in [5.41, 5.74) is 2.03. The number of benzene rings is 1. The molecule has 2 atom stereocenters. The number of carboxylic acids is 1. The van der Waals surface area contributed by atoms with Crippen molar-refractivity contribution >= 4 is 11.7 Å². The van der Waals surface area contributed by atoms with Gasteiger partial charge in [0.1, 0.15) is 6.04 Å². The van der Waals surface area contributed by atoms with Crippen LogP contribution in [0.4, 0.5) is 5.69 Å². The van der Waals surface area contributed by atoms with E-state index in [-0.39, 0.29) is 0 Å². The molecular weight excluding hydrogens is 314 g/mol. The Labute approximate surface area is 152 Å². The fraction of sp³-hybridized carbons (Fsp3) is 0.650. The quantitative estimate of drug-likeness (QED) is 0.783. The summed E-state index contributed by atoms with van der Waals surface area (Å²) >= 11 is 0. The van der Waals surface area contributed by atoms with Crippen molar-refractivity contribution in [2.75, 3.05) is 44.2 Å². The Balaban J connectivity index is 2.14. The Hall–Kier alpha value is -1.59. The van der Waals surface area contributed by atoms with E-state index in [9.17, 15) is 9.90 Å². The average molecular weight is 348 g/mol. The fourth-order valence-corrected chi connectivity index (χ4v) is 3.84. The van der Waals surface area contributed by atoms with Crippen LogP contribution in [-0.2, 0) is 4.79 Å². The molecule has 1 aliphatic rings. The zero-order chi connectivity index (χ0) is 18.4. The topological polar surface area (TPSA) is 47.0 Å². The number of hydrogen-bond donors (Lipinski definition) is 1. The SMILES string of the molecule is CCCN1CCN(C(C(=O)O)c2ccc(N(CC)CC)cc2)CC1C. The molecule has 0 bridgehead atoms. The predicted molar refractivity (Wildman–Crippen MR) is 103 cm³/mol. The molecule has 0 spiro atoms. The van der Waals surface area contributed by atoms with Crippen LogP contribution in [0.3, 0.4) is 0 Å². The molecule has 1 heterocycles. The maximum atomic E-state index is 12.0. The van der Waals surface area contributed by atoms with E-state index in [1.54, 1.807) is 0 Å². The van der Waals surface area contributed by atoms with Crippen molar-refractivity contribution in [1.29, 1.82) is 0 Å². The third kappa shape index (κ3) is 4.73. The Bertz CT molecular complexity index is 542. The smallest absolute Gasteiger partial charge is 0.325 e. The normalized spacial score (nSPS) is 20.4. The van der Waals surface area contributed by atoms with E-state index >= 15 is 0 Å². The number of aliphatic carboxylic acids is 1. The van der Waals surface area contributed by atoms with Crippen LogP contribution in [-0.4, -0.2) is 66.2 Å². The van der Waals surface area contributed by atoms with Crippen LogP contribution in [0.5, 0.6) is 0 Å². The highest BCUT2D eigenvalue weighted by molar-refractivity contribution is 5.76. The summed E-state index contributed by atoms with van der Waals surface area (Å²) in [5.74, 6) is -0.758. The summed E-state index contributed by atoms with van der Waals surface area (Å²) in [6, 6.07) is 7.90. The van der Waals surface area contributed by atoms with Gasteiger partial charge in [-0.2, -0.15) is 0 Å². The van der Waals surface area contributed by atoms with Crippen LogP contribution in [0, 0.1) is 0 Å². The highest BCUT2D eigenvalue weighted by Crippen LogP contribution is 2.26. The number of piperazine rings is 1. The lowest BCUT2D eigenvalue weighted by atomic mass is 10.0. The van der Waals surface area contributed by atoms with Gasteiger partial charge in [0.05, 0.1) is 0 Å². The van der Waals surface area contributed by atoms with Gasteiger partial charge in [0, 0.05) is 44.5 Å². The summed E-state index contributed by atoms with van der Waals surface area (Å²) in [7, 11) is 0. The monoisotopic (exact) mass is 347 g/mol. The van der Waals surface area contributed by atoms with E-state index in [1.165, 1.54) is 0 Å². The summed E-state index contributed by atoms with van der Waals surface area (Å²) in [5, 5.41) is 9.84. The summed E-state index contributed by atoms with van der Waals surface area (Å²) in [4.78, 5) is 18.8. The lowest BCUT2D eigenvalue weighted by molar-refractivity contribution is -0.144. The largest absolute Gasteiger partial charge is 0.480 e. The lowest BCUT2D eigenvalue weighted by Crippen LogP contribution is -2.53. The second-order valence-electron chi connectivity index (χ2n) is 6.88. The minimum Gasteiger partial charge on any atom is -0.480 e. The van der Waals surface area contributed by atoms with E-state index in [1.807, 2.05) is 12.1 Å². The average Bonchev–Trinajstić information content (AvgIpc) is 2.60. The van der Waals surface area contributed by atoms with Crippen LogP contribution >= 0.6 is 0 Å². The Kier molecular flexibility index (Phi) is 7.26. The van der Waals surface area contributed by atoms with Gasteiger partial charge in [-0.1, -0.05) is 19.1 Å². The Morgan fingerprint density at radius 2 is 1.84 bits per heavy atom. The summed E-state index contributed by atoms with van der Waals surface area (Å²) in [6.45, 7) is 14.2. The van der Waals surface area contributed by atoms with Gasteiger partial charge in [-0.05, 0) is 51.4 Å². The molecule has 0 radical (unpaired) electrons. The van der Waals surface area contributed by atoms with E-state index in [4.69, 9.17) is 0 Å². The molecule has 2 rings (SSSR count). The first-order valence-corrected chi connectivity index (χ1v) is 9.57. The summed E-state index contributed by atoms with van der Waals surface area (Å²) in [6.07, 6.45) is 1.14. The highest BCUT2D eigenvalue weighted by atomic mass is 16.4. The van der Waals surface area contributed by atoms with E-state index in [2.05, 4.69) is 54.5 Å². The van der Waals surface area contributed by atoms with Crippen molar-refractivity contribution in [1.82, 2.24) is 9.80 Å². The molecule has 1 saturated heterocycles. The third-order valence-corrected chi connectivity index (χ3v) is 5.24. The number of nitrogens with zero attached hydrogens (tertiary/aromatic N) is 3. The molecule has 0 saturated carbocycles. The van der Waals surface area contributed by atoms with Gasteiger partial charge in [-0.3, -0.25) is 14.6 Å². The van der Waals surface area contributed by atoms with Gasteiger partial charge in [0.25, 0.3) is 0 Å². The lowest BCUT2D eigenvalue weighted by Gasteiger charge is -2.42. The highest BCUT2D eigenvalue weighted by Gasteiger charge is 2.32. The maximum Gasteiger partial charge on any atom is 0.325 e. The van der Waals surface area contributed by atoms with Crippen molar-refractivity contribution in [3.8, 4) is 0 Å². The number of carboxylic acid groups (broad SMARTS) is 1. The number of hydrogen-bond acceptors (Lipinski definition) is 4. The first-order valence-electron chi connectivity index (χ1n) is 9.57. The predicted octanol–water partition coefficient (Wildman–Crippen LogP) is 3.07. The van der Waals surface area contributed by atoms with Crippen molar-refractivity contribution in [3.63, 3.8) is 0 Å². The van der Waals surface area contributed by atoms with Crippen molar-refractivity contribution < 1.29 is 9.90 Å². The van der Waals surface area contributed by atoms with Crippen LogP contribution < -0.4 is 4.90 Å². The van der Waals surface area contributed by atoms with Crippen molar-refractivity contribution in [2.45, 2.75) is 46.2 Å². The third-order valence-electron chi connectivity index (χ3n) is 5.24. The van der Waals surface area contributed by atoms with Crippen molar-refractivity contribution in [2.24, 2.45) is 0 Å². The van der Waals surface area contributed by atoms with E-state index < -0.39 is 12.0 Å². The second kappa shape index (κ2) is 9.20. The minimum atomic E-state index is -0.758. The van der Waals surface area contributed by atoms with Gasteiger partial charge < -0.3 is 10.0 Å². The molecule has 5 heteroatoms. The molecule has 1 aromatic rings. The van der Waals surface area contributed by atoms with Gasteiger partial charge in [-0.25, -0.2) is 0 Å². The first-order chi connectivity index (χ1) is 12.0. The van der Waals surface area contributed by atoms with Crippen LogP contribution in [0.15, 0.2) is 24.3 Å². The molecule has 0 aromatic heterocycles. The van der Waals surface area contributed by atoms with Crippen LogP contribution in [0.1, 0.15) is 45.7 Å². The number of anilines is 1. The zero-order valence-electron chi connectivity index (χ0n) is 16.1. The fourth-order valence-electron chi connectivity index (χ4n) is 3.84. The summed E-state index contributed by atoms with van der Waals surface area (Å²) < 4.78 is 0. The van der Waals surface area contributed by atoms with Gasteiger partial charge in [0.15, 0.2) is 0 Å². The number of carbonyl (C=O) groups is 1. The molecule has 0 amide bonds. The van der Waals surface area contributed by atoms with Gasteiger partial charge >= 0.3 is 5.97 Å². The molecule has 1 N–H and O–H groups in total. The van der Waals surface area contributed by atoms with E-state index in [0.29, 0.717) is 6.04 Å². The molecule has 5 nitrogen and oxygen atoms in total. The Morgan fingerprint density at radius 1 is 1.20 bits per heavy atom. The van der Waals surface area contributed by atoms with Gasteiger partial charge in [-0.15, -0.1) is 0 Å². The first kappa shape index (κ1) is 19.7. The second-order valence-corrected chi connectivity index (χ2v) is 6.88. The van der Waals surface area contributed by atoms with Crippen LogP contribution in [0.2, 0.25) is 0 Å². The molecule has 1 aliphatic heterocycles. The molecule has 140 valence electrons. The minimum absolute atomic E-state index is 0.394.